The summed E-state index contributed by atoms with van der Waals surface area (Å²) in [5.41, 5.74) is 5.54. The third kappa shape index (κ3) is 5.82. The monoisotopic (exact) mass is 374 g/mol. The average Bonchev–Trinajstić information content (AvgIpc) is 2.60. The quantitative estimate of drug-likeness (QED) is 0.481. The van der Waals surface area contributed by atoms with Gasteiger partial charge in [-0.05, 0) is 28.6 Å². The van der Waals surface area contributed by atoms with E-state index < -0.39 is 15.5 Å². The fourth-order valence-corrected chi connectivity index (χ4v) is 3.19. The second-order valence-electron chi connectivity index (χ2n) is 5.16. The minimum atomic E-state index is -4.29. The van der Waals surface area contributed by atoms with Crippen LogP contribution in [0.3, 0.4) is 0 Å². The third-order valence-corrected chi connectivity index (χ3v) is 4.44. The van der Waals surface area contributed by atoms with E-state index in [-0.39, 0.29) is 5.11 Å². The predicted octanol–water partition coefficient (Wildman–Crippen LogP) is 3.25. The molecule has 0 bridgehead atoms. The molecule has 0 fully saturated rings. The summed E-state index contributed by atoms with van der Waals surface area (Å²) >= 11 is 4.53. The normalized spacial score (nSPS) is 11.9. The van der Waals surface area contributed by atoms with Gasteiger partial charge in [0.05, 0.1) is 0 Å². The molecule has 3 rings (SSSR count). The average molecular weight is 374 g/mol. The minimum Gasteiger partial charge on any atom is -0.376 e. The van der Waals surface area contributed by atoms with Crippen molar-refractivity contribution in [3.8, 4) is 0 Å². The van der Waals surface area contributed by atoms with Crippen LogP contribution in [0.25, 0.3) is 10.8 Å². The van der Waals surface area contributed by atoms with Crippen molar-refractivity contribution >= 4 is 38.2 Å². The van der Waals surface area contributed by atoms with Gasteiger partial charge in [-0.3, -0.25) is 4.55 Å². The molecule has 5 nitrogen and oxygen atoms in total. The Kier molecular flexibility index (Phi) is 6.46. The highest BCUT2D eigenvalue weighted by atomic mass is 32.2. The summed E-state index contributed by atoms with van der Waals surface area (Å²) in [6.07, 6.45) is 0. The summed E-state index contributed by atoms with van der Waals surface area (Å²) in [7, 11) is -4.29. The summed E-state index contributed by atoms with van der Waals surface area (Å²) in [6.45, 7) is 0. The molecule has 1 unspecified atom stereocenters. The van der Waals surface area contributed by atoms with Crippen LogP contribution < -0.4 is 11.1 Å². The molecule has 0 aliphatic carbocycles. The van der Waals surface area contributed by atoms with Crippen LogP contribution in [0.4, 0.5) is 0 Å². The molecule has 0 heterocycles. The first-order valence-corrected chi connectivity index (χ1v) is 9.30. The van der Waals surface area contributed by atoms with Gasteiger partial charge in [0.2, 0.25) is 0 Å². The Bertz CT molecular complexity index is 879. The second kappa shape index (κ2) is 8.57. The lowest BCUT2D eigenvalue weighted by atomic mass is 10.1. The Morgan fingerprint density at radius 3 is 1.64 bits per heavy atom. The van der Waals surface area contributed by atoms with Gasteiger partial charge in [0.15, 0.2) is 10.5 Å². The molecule has 0 radical (unpaired) electrons. The molecule has 3 aromatic carbocycles. The summed E-state index contributed by atoms with van der Waals surface area (Å²) in [4.78, 5) is 0. The maximum Gasteiger partial charge on any atom is 0.290 e. The van der Waals surface area contributed by atoms with E-state index in [0.717, 1.165) is 0 Å². The van der Waals surface area contributed by atoms with Gasteiger partial charge in [-0.15, -0.1) is 0 Å². The number of nitrogens with one attached hydrogen (secondary N) is 1. The van der Waals surface area contributed by atoms with Crippen LogP contribution in [-0.2, 0) is 10.1 Å². The number of benzene rings is 3. The largest absolute Gasteiger partial charge is 0.376 e. The van der Waals surface area contributed by atoms with Crippen molar-refractivity contribution in [1.82, 2.24) is 5.32 Å². The van der Waals surface area contributed by atoms with Gasteiger partial charge in [0.25, 0.3) is 10.1 Å². The maximum atomic E-state index is 11.0. The van der Waals surface area contributed by atoms with Crippen molar-refractivity contribution in [2.24, 2.45) is 5.73 Å². The van der Waals surface area contributed by atoms with E-state index in [1.54, 1.807) is 30.3 Å². The van der Waals surface area contributed by atoms with E-state index in [1.165, 1.54) is 10.8 Å². The van der Waals surface area contributed by atoms with Crippen LogP contribution in [0.5, 0.6) is 0 Å². The SMILES string of the molecule is NC(=S)NC(c1ccccc1)S(=O)(=O)O.c1ccc2ccccc2c1. The van der Waals surface area contributed by atoms with Crippen LogP contribution >= 0.6 is 12.2 Å². The first kappa shape index (κ1) is 18.9. The van der Waals surface area contributed by atoms with E-state index in [1.807, 2.05) is 0 Å². The van der Waals surface area contributed by atoms with Gasteiger partial charge >= 0.3 is 0 Å². The van der Waals surface area contributed by atoms with E-state index >= 15 is 0 Å². The van der Waals surface area contributed by atoms with Gasteiger partial charge in [-0.2, -0.15) is 8.42 Å². The predicted molar refractivity (Wildman–Crippen MR) is 105 cm³/mol. The highest BCUT2D eigenvalue weighted by molar-refractivity contribution is 7.86. The topological polar surface area (TPSA) is 92.4 Å². The van der Waals surface area contributed by atoms with Crippen molar-refractivity contribution in [3.63, 3.8) is 0 Å². The summed E-state index contributed by atoms with van der Waals surface area (Å²) in [5.74, 6) is 0. The Labute approximate surface area is 152 Å². The van der Waals surface area contributed by atoms with E-state index in [9.17, 15) is 8.42 Å². The van der Waals surface area contributed by atoms with Crippen molar-refractivity contribution in [3.05, 3.63) is 84.4 Å². The first-order valence-electron chi connectivity index (χ1n) is 7.39. The van der Waals surface area contributed by atoms with Gasteiger partial charge in [0, 0.05) is 0 Å². The van der Waals surface area contributed by atoms with E-state index in [4.69, 9.17) is 10.3 Å². The van der Waals surface area contributed by atoms with Gasteiger partial charge < -0.3 is 11.1 Å². The zero-order valence-electron chi connectivity index (χ0n) is 13.2. The Morgan fingerprint density at radius 1 is 0.880 bits per heavy atom. The molecule has 0 saturated heterocycles. The van der Waals surface area contributed by atoms with Crippen LogP contribution in [0.15, 0.2) is 78.9 Å². The summed E-state index contributed by atoms with van der Waals surface area (Å²) < 4.78 is 31.1. The molecule has 4 N–H and O–H groups in total. The fourth-order valence-electron chi connectivity index (χ4n) is 2.22. The molecular formula is C18H18N2O3S2. The zero-order valence-corrected chi connectivity index (χ0v) is 14.9. The molecule has 0 saturated carbocycles. The van der Waals surface area contributed by atoms with Crippen LogP contribution in [0, 0.1) is 0 Å². The molecule has 0 aromatic heterocycles. The van der Waals surface area contributed by atoms with E-state index in [2.05, 4.69) is 66.1 Å². The lowest BCUT2D eigenvalue weighted by Gasteiger charge is -2.15. The molecule has 1 atom stereocenters. The lowest BCUT2D eigenvalue weighted by Crippen LogP contribution is -2.36. The molecule has 0 aliphatic rings. The molecule has 7 heteroatoms. The van der Waals surface area contributed by atoms with Crippen molar-refractivity contribution in [2.45, 2.75) is 5.37 Å². The van der Waals surface area contributed by atoms with Crippen LogP contribution in [-0.4, -0.2) is 18.1 Å². The molecular weight excluding hydrogens is 356 g/mol. The highest BCUT2D eigenvalue weighted by Gasteiger charge is 2.24. The standard InChI is InChI=1S/C10H8.C8H10N2O3S2/c1-2-6-10-8-4-3-7-9(10)5-1;9-8(14)10-7(15(11,12)13)6-4-2-1-3-5-6/h1-8H;1-5,7H,(H3,9,10,14)(H,11,12,13). The molecule has 0 amide bonds. The number of hydrogen-bond donors (Lipinski definition) is 3. The van der Waals surface area contributed by atoms with Crippen LogP contribution in [0.2, 0.25) is 0 Å². The summed E-state index contributed by atoms with van der Waals surface area (Å²) in [5, 5.41) is 3.41. The molecule has 0 aliphatic heterocycles. The van der Waals surface area contributed by atoms with Crippen molar-refractivity contribution in [2.75, 3.05) is 0 Å². The highest BCUT2D eigenvalue weighted by Crippen LogP contribution is 2.17. The zero-order chi connectivity index (χ0) is 18.3. The first-order chi connectivity index (χ1) is 11.9. The maximum absolute atomic E-state index is 11.0. The van der Waals surface area contributed by atoms with Gasteiger partial charge in [-0.25, -0.2) is 0 Å². The Hall–Kier alpha value is -2.48. The number of nitrogens with two attached hydrogens (primary N) is 1. The number of fused-ring (bicyclic) bond motifs is 1. The third-order valence-electron chi connectivity index (χ3n) is 3.33. The van der Waals surface area contributed by atoms with Gasteiger partial charge in [0.1, 0.15) is 0 Å². The lowest BCUT2D eigenvalue weighted by molar-refractivity contribution is 0.464. The molecule has 3 aromatic rings. The fraction of sp³-hybridized carbons (Fsp3) is 0.0556. The number of thiocarbonyl (C=S) groups is 1. The number of rotatable bonds is 3. The minimum absolute atomic E-state index is 0.193. The molecule has 25 heavy (non-hydrogen) atoms. The molecule has 130 valence electrons. The van der Waals surface area contributed by atoms with E-state index in [0.29, 0.717) is 5.56 Å². The second-order valence-corrected chi connectivity index (χ2v) is 7.10. The Balaban J connectivity index is 0.000000194. The summed E-state index contributed by atoms with van der Waals surface area (Å²) in [6, 6.07) is 24.8. The van der Waals surface area contributed by atoms with Gasteiger partial charge in [-0.1, -0.05) is 78.9 Å². The number of hydrogen-bond acceptors (Lipinski definition) is 3. The van der Waals surface area contributed by atoms with Crippen molar-refractivity contribution < 1.29 is 13.0 Å². The Morgan fingerprint density at radius 2 is 1.28 bits per heavy atom. The smallest absolute Gasteiger partial charge is 0.290 e. The molecule has 0 spiro atoms. The van der Waals surface area contributed by atoms with Crippen molar-refractivity contribution in [1.29, 1.82) is 0 Å². The van der Waals surface area contributed by atoms with Crippen LogP contribution in [0.1, 0.15) is 10.9 Å².